The molecule has 0 aromatic heterocycles. The van der Waals surface area contributed by atoms with E-state index in [9.17, 15) is 27.9 Å². The minimum absolute atomic E-state index is 0. The molecule has 4 N–H and O–H groups in total. The fourth-order valence-corrected chi connectivity index (χ4v) is 2.29. The highest BCUT2D eigenvalue weighted by atomic mass is 19.4. The molecule has 160 valence electrons. The van der Waals surface area contributed by atoms with Crippen LogP contribution in [-0.2, 0) is 11.0 Å². The fourth-order valence-electron chi connectivity index (χ4n) is 2.29. The van der Waals surface area contributed by atoms with Crippen LogP contribution in [0.2, 0.25) is 0 Å². The average molecular weight is 422 g/mol. The zero-order valence-corrected chi connectivity index (χ0v) is 15.1. The van der Waals surface area contributed by atoms with Gasteiger partial charge in [0.05, 0.1) is 11.7 Å². The van der Waals surface area contributed by atoms with Crippen molar-refractivity contribution in [2.45, 2.75) is 32.7 Å². The molecule has 2 aromatic carbocycles. The molecule has 0 heterocycles. The normalized spacial score (nSPS) is 12.5. The van der Waals surface area contributed by atoms with E-state index >= 15 is 0 Å². The zero-order valence-electron chi connectivity index (χ0n) is 15.1. The van der Waals surface area contributed by atoms with Crippen molar-refractivity contribution in [2.24, 2.45) is 0 Å². The maximum atomic E-state index is 12.5. The second kappa shape index (κ2) is 10.4. The summed E-state index contributed by atoms with van der Waals surface area (Å²) in [6.07, 6.45) is -5.65. The first-order valence-corrected chi connectivity index (χ1v) is 8.34. The number of hydrogen-bond donors (Lipinski definition) is 4. The molecule has 2 atom stereocenters. The Morgan fingerprint density at radius 3 is 1.83 bits per heavy atom. The third-order valence-electron chi connectivity index (χ3n) is 3.87. The molecular weight excluding hydrogens is 401 g/mol. The average Bonchev–Trinajstić information content (AvgIpc) is 2.69. The summed E-state index contributed by atoms with van der Waals surface area (Å²) in [5.74, 6) is 3.88. The first-order valence-electron chi connectivity index (χ1n) is 8.34. The van der Waals surface area contributed by atoms with Gasteiger partial charge in [-0.3, -0.25) is 14.8 Å². The Morgan fingerprint density at radius 1 is 0.967 bits per heavy atom. The standard InChI is InChI=1S/C20H17F3N2O4.CH4/c1-12(26)17(19(28)25-29)24-18(27)15-8-4-13(5-9-15)2-3-14-6-10-16(11-7-14)20(21,22)23;/h4-12,17,26,29H,1H3,(H,24,27)(H,25,28);1H4/t12-,17+;/m1./s1. The first-order chi connectivity index (χ1) is 13.6. The third-order valence-corrected chi connectivity index (χ3v) is 3.87. The summed E-state index contributed by atoms with van der Waals surface area (Å²) in [6, 6.07) is 8.98. The second-order valence-corrected chi connectivity index (χ2v) is 6.07. The number of hydrogen-bond acceptors (Lipinski definition) is 4. The van der Waals surface area contributed by atoms with Crippen LogP contribution in [-0.4, -0.2) is 34.3 Å². The van der Waals surface area contributed by atoms with Crippen molar-refractivity contribution in [3.05, 3.63) is 70.8 Å². The second-order valence-electron chi connectivity index (χ2n) is 6.07. The molecule has 0 unspecified atom stereocenters. The van der Waals surface area contributed by atoms with Crippen molar-refractivity contribution in [2.75, 3.05) is 0 Å². The van der Waals surface area contributed by atoms with Crippen LogP contribution in [0.5, 0.6) is 0 Å². The highest BCUT2D eigenvalue weighted by Gasteiger charge is 2.29. The lowest BCUT2D eigenvalue weighted by Gasteiger charge is -2.19. The highest BCUT2D eigenvalue weighted by molar-refractivity contribution is 5.97. The van der Waals surface area contributed by atoms with Crippen molar-refractivity contribution >= 4 is 11.8 Å². The number of aliphatic hydroxyl groups is 1. The number of hydroxylamine groups is 1. The number of rotatable bonds is 4. The van der Waals surface area contributed by atoms with Gasteiger partial charge in [0.2, 0.25) is 0 Å². The number of carbonyl (C=O) groups excluding carboxylic acids is 2. The third kappa shape index (κ3) is 6.62. The summed E-state index contributed by atoms with van der Waals surface area (Å²) in [5.41, 5.74) is 1.70. The lowest BCUT2D eigenvalue weighted by atomic mass is 10.1. The van der Waals surface area contributed by atoms with Crippen molar-refractivity contribution in [3.8, 4) is 11.8 Å². The Balaban J connectivity index is 0.00000450. The molecule has 0 aliphatic rings. The van der Waals surface area contributed by atoms with Gasteiger partial charge < -0.3 is 10.4 Å². The molecule has 30 heavy (non-hydrogen) atoms. The Morgan fingerprint density at radius 2 is 1.43 bits per heavy atom. The number of amides is 2. The van der Waals surface area contributed by atoms with Crippen molar-refractivity contribution in [1.82, 2.24) is 10.8 Å². The highest BCUT2D eigenvalue weighted by Crippen LogP contribution is 2.28. The molecule has 0 fully saturated rings. The van der Waals surface area contributed by atoms with E-state index in [0.29, 0.717) is 11.1 Å². The molecule has 6 nitrogen and oxygen atoms in total. The summed E-state index contributed by atoms with van der Waals surface area (Å²) < 4.78 is 37.6. The van der Waals surface area contributed by atoms with Gasteiger partial charge >= 0.3 is 6.18 Å². The molecule has 2 rings (SSSR count). The van der Waals surface area contributed by atoms with E-state index in [-0.39, 0.29) is 13.0 Å². The Bertz CT molecular complexity index is 928. The van der Waals surface area contributed by atoms with Crippen LogP contribution in [0.4, 0.5) is 13.2 Å². The van der Waals surface area contributed by atoms with Crippen LogP contribution >= 0.6 is 0 Å². The number of nitrogens with one attached hydrogen (secondary N) is 2. The number of carbonyl (C=O) groups is 2. The van der Waals surface area contributed by atoms with E-state index in [2.05, 4.69) is 17.2 Å². The maximum Gasteiger partial charge on any atom is 0.416 e. The topological polar surface area (TPSA) is 98.7 Å². The molecular formula is C21H21F3N2O4. The Kier molecular flexibility index (Phi) is 8.59. The van der Waals surface area contributed by atoms with Crippen molar-refractivity contribution in [1.29, 1.82) is 0 Å². The van der Waals surface area contributed by atoms with Gasteiger partial charge in [-0.1, -0.05) is 19.3 Å². The van der Waals surface area contributed by atoms with E-state index in [1.165, 1.54) is 48.8 Å². The van der Waals surface area contributed by atoms with Gasteiger partial charge in [-0.05, 0) is 55.5 Å². The number of halogens is 3. The van der Waals surface area contributed by atoms with Gasteiger partial charge in [0, 0.05) is 16.7 Å². The number of aliphatic hydroxyl groups excluding tert-OH is 1. The Labute approximate surface area is 171 Å². The van der Waals surface area contributed by atoms with Gasteiger partial charge in [-0.2, -0.15) is 13.2 Å². The molecule has 0 saturated heterocycles. The minimum Gasteiger partial charge on any atom is -0.391 e. The first kappa shape index (κ1) is 24.7. The SMILES string of the molecule is C.C[C@@H](O)[C@H](NC(=O)c1ccc(C#Cc2ccc(C(F)(F)F)cc2)cc1)C(=O)NO. The van der Waals surface area contributed by atoms with Crippen LogP contribution in [0.15, 0.2) is 48.5 Å². The lowest BCUT2D eigenvalue weighted by molar-refractivity contribution is -0.137. The van der Waals surface area contributed by atoms with Crippen LogP contribution < -0.4 is 10.8 Å². The summed E-state index contributed by atoms with van der Waals surface area (Å²) >= 11 is 0. The lowest BCUT2D eigenvalue weighted by Crippen LogP contribution is -2.51. The Hall–Kier alpha value is -3.35. The molecule has 9 heteroatoms. The largest absolute Gasteiger partial charge is 0.416 e. The monoisotopic (exact) mass is 422 g/mol. The van der Waals surface area contributed by atoms with E-state index in [1.807, 2.05) is 0 Å². The molecule has 2 aromatic rings. The summed E-state index contributed by atoms with van der Waals surface area (Å²) in [4.78, 5) is 23.6. The molecule has 0 aliphatic carbocycles. The summed E-state index contributed by atoms with van der Waals surface area (Å²) in [6.45, 7) is 1.28. The number of benzene rings is 2. The summed E-state index contributed by atoms with van der Waals surface area (Å²) in [5, 5.41) is 20.5. The van der Waals surface area contributed by atoms with E-state index in [1.54, 1.807) is 0 Å². The van der Waals surface area contributed by atoms with Crippen LogP contribution in [0.3, 0.4) is 0 Å². The smallest absolute Gasteiger partial charge is 0.391 e. The van der Waals surface area contributed by atoms with E-state index in [4.69, 9.17) is 5.21 Å². The van der Waals surface area contributed by atoms with Gasteiger partial charge in [0.25, 0.3) is 11.8 Å². The quantitative estimate of drug-likeness (QED) is 0.346. The molecule has 0 spiro atoms. The molecule has 2 amide bonds. The van der Waals surface area contributed by atoms with Gasteiger partial charge in [-0.15, -0.1) is 0 Å². The predicted molar refractivity (Wildman–Crippen MR) is 103 cm³/mol. The van der Waals surface area contributed by atoms with E-state index < -0.39 is 35.7 Å². The molecule has 0 radical (unpaired) electrons. The minimum atomic E-state index is -4.41. The van der Waals surface area contributed by atoms with Crippen molar-refractivity contribution in [3.63, 3.8) is 0 Å². The molecule has 0 aliphatic heterocycles. The zero-order chi connectivity index (χ0) is 21.6. The molecule has 0 bridgehead atoms. The van der Waals surface area contributed by atoms with Crippen molar-refractivity contribution < 1.29 is 33.1 Å². The maximum absolute atomic E-state index is 12.5. The molecule has 0 saturated carbocycles. The van der Waals surface area contributed by atoms with Gasteiger partial charge in [0.15, 0.2) is 0 Å². The fraction of sp³-hybridized carbons (Fsp3) is 0.238. The van der Waals surface area contributed by atoms with Crippen LogP contribution in [0, 0.1) is 11.8 Å². The van der Waals surface area contributed by atoms with Crippen LogP contribution in [0.1, 0.15) is 41.4 Å². The predicted octanol–water partition coefficient (Wildman–Crippen LogP) is 2.73. The number of alkyl halides is 3. The van der Waals surface area contributed by atoms with Gasteiger partial charge in [0.1, 0.15) is 6.04 Å². The van der Waals surface area contributed by atoms with Crippen LogP contribution in [0.25, 0.3) is 0 Å². The van der Waals surface area contributed by atoms with E-state index in [0.717, 1.165) is 12.1 Å². The van der Waals surface area contributed by atoms with Gasteiger partial charge in [-0.25, -0.2) is 5.48 Å². The summed E-state index contributed by atoms with van der Waals surface area (Å²) in [7, 11) is 0.